The van der Waals surface area contributed by atoms with Crippen LogP contribution in [0.5, 0.6) is 0 Å². The van der Waals surface area contributed by atoms with Crippen LogP contribution in [0.2, 0.25) is 0 Å². The van der Waals surface area contributed by atoms with Gasteiger partial charge < -0.3 is 10.6 Å². The van der Waals surface area contributed by atoms with E-state index in [9.17, 15) is 9.59 Å². The van der Waals surface area contributed by atoms with Gasteiger partial charge in [-0.25, -0.2) is 0 Å². The lowest BCUT2D eigenvalue weighted by Gasteiger charge is -2.21. The molecule has 2 saturated carbocycles. The fraction of sp³-hybridized carbons (Fsp3) is 0.500. The van der Waals surface area contributed by atoms with Gasteiger partial charge in [0.1, 0.15) is 0 Å². The van der Waals surface area contributed by atoms with Crippen LogP contribution in [-0.2, 0) is 4.79 Å². The summed E-state index contributed by atoms with van der Waals surface area (Å²) in [6.45, 7) is 0.771. The van der Waals surface area contributed by atoms with E-state index in [4.69, 9.17) is 0 Å². The zero-order valence-electron chi connectivity index (χ0n) is 14.3. The van der Waals surface area contributed by atoms with Crippen molar-refractivity contribution in [3.63, 3.8) is 0 Å². The summed E-state index contributed by atoms with van der Waals surface area (Å²) in [5, 5.41) is 5.57. The number of carbonyl (C=O) groups is 2. The first-order valence-corrected chi connectivity index (χ1v) is 8.93. The Morgan fingerprint density at radius 2 is 1.96 bits per heavy atom. The van der Waals surface area contributed by atoms with E-state index >= 15 is 0 Å². The molecule has 2 aliphatic rings. The predicted molar refractivity (Wildman–Crippen MR) is 95.4 cm³/mol. The number of hydrogen-bond acceptors (Lipinski definition) is 2. The van der Waals surface area contributed by atoms with Crippen LogP contribution in [-0.4, -0.2) is 25.4 Å². The Morgan fingerprint density at radius 1 is 1.17 bits per heavy atom. The lowest BCUT2D eigenvalue weighted by molar-refractivity contribution is -0.116. The highest BCUT2D eigenvalue weighted by Gasteiger charge is 2.38. The average Bonchev–Trinajstić information content (AvgIpc) is 3.23. The fourth-order valence-corrected chi connectivity index (χ4v) is 4.23. The highest BCUT2D eigenvalue weighted by atomic mass is 16.2. The molecule has 2 bridgehead atoms. The molecule has 128 valence electrons. The fourth-order valence-electron chi connectivity index (χ4n) is 4.23. The summed E-state index contributed by atoms with van der Waals surface area (Å²) in [4.78, 5) is 23.4. The van der Waals surface area contributed by atoms with E-state index in [1.807, 2.05) is 12.1 Å². The summed E-state index contributed by atoms with van der Waals surface area (Å²) in [5.41, 5.74) is 1.52. The molecule has 3 atom stereocenters. The van der Waals surface area contributed by atoms with E-state index in [0.717, 1.165) is 36.3 Å². The maximum atomic E-state index is 11.9. The van der Waals surface area contributed by atoms with Crippen molar-refractivity contribution in [1.82, 2.24) is 10.6 Å². The summed E-state index contributed by atoms with van der Waals surface area (Å²) < 4.78 is 0. The number of carbonyl (C=O) groups excluding carboxylic acids is 2. The molecule has 0 aliphatic heterocycles. The highest BCUT2D eigenvalue weighted by Crippen LogP contribution is 2.49. The van der Waals surface area contributed by atoms with Gasteiger partial charge in [-0.2, -0.15) is 0 Å². The summed E-state index contributed by atoms with van der Waals surface area (Å²) >= 11 is 0. The second-order valence-electron chi connectivity index (χ2n) is 7.05. The van der Waals surface area contributed by atoms with E-state index in [1.54, 1.807) is 31.3 Å². The minimum Gasteiger partial charge on any atom is -0.355 e. The number of nitrogens with one attached hydrogen (secondary N) is 2. The lowest BCUT2D eigenvalue weighted by Crippen LogP contribution is -2.25. The molecule has 0 spiro atoms. The molecule has 3 rings (SSSR count). The monoisotopic (exact) mass is 326 g/mol. The number of fused-ring (bicyclic) bond motifs is 2. The minimum atomic E-state index is -0.108. The maximum Gasteiger partial charge on any atom is 0.251 e. The first kappa shape index (κ1) is 16.7. The molecule has 2 N–H and O–H groups in total. The Labute approximate surface area is 143 Å². The summed E-state index contributed by atoms with van der Waals surface area (Å²) in [6.07, 6.45) is 10.1. The van der Waals surface area contributed by atoms with Crippen LogP contribution in [0.3, 0.4) is 0 Å². The largest absolute Gasteiger partial charge is 0.355 e. The van der Waals surface area contributed by atoms with Crippen LogP contribution < -0.4 is 10.6 Å². The van der Waals surface area contributed by atoms with Crippen molar-refractivity contribution in [1.29, 1.82) is 0 Å². The Kier molecular flexibility index (Phi) is 5.34. The Balaban J connectivity index is 1.41. The van der Waals surface area contributed by atoms with Gasteiger partial charge in [0, 0.05) is 25.2 Å². The van der Waals surface area contributed by atoms with Gasteiger partial charge in [0.2, 0.25) is 5.91 Å². The SMILES string of the molecule is CNC(=O)c1ccc(/C=C/C(=O)NCCC2CC3CCC2C3)cc1. The van der Waals surface area contributed by atoms with Gasteiger partial charge in [-0.15, -0.1) is 0 Å². The van der Waals surface area contributed by atoms with Crippen molar-refractivity contribution in [2.45, 2.75) is 32.1 Å². The topological polar surface area (TPSA) is 58.2 Å². The van der Waals surface area contributed by atoms with Crippen molar-refractivity contribution >= 4 is 17.9 Å². The van der Waals surface area contributed by atoms with E-state index in [2.05, 4.69) is 10.6 Å². The molecule has 1 aromatic carbocycles. The third-order valence-corrected chi connectivity index (χ3v) is 5.53. The molecule has 4 heteroatoms. The molecule has 0 radical (unpaired) electrons. The van der Waals surface area contributed by atoms with Crippen molar-refractivity contribution in [3.8, 4) is 0 Å². The van der Waals surface area contributed by atoms with Crippen molar-refractivity contribution in [3.05, 3.63) is 41.5 Å². The first-order chi connectivity index (χ1) is 11.7. The van der Waals surface area contributed by atoms with Crippen LogP contribution in [0.25, 0.3) is 6.08 Å². The molecule has 24 heavy (non-hydrogen) atoms. The van der Waals surface area contributed by atoms with Crippen molar-refractivity contribution in [2.75, 3.05) is 13.6 Å². The summed E-state index contributed by atoms with van der Waals surface area (Å²) in [6, 6.07) is 7.18. The van der Waals surface area contributed by atoms with Gasteiger partial charge in [-0.3, -0.25) is 9.59 Å². The smallest absolute Gasteiger partial charge is 0.251 e. The van der Waals surface area contributed by atoms with E-state index in [1.165, 1.54) is 25.7 Å². The van der Waals surface area contributed by atoms with Crippen LogP contribution in [0, 0.1) is 17.8 Å². The summed E-state index contributed by atoms with van der Waals surface area (Å²) in [5.74, 6) is 2.55. The standard InChI is InChI=1S/C20H26N2O2/c1-21-20(24)16-6-2-14(3-7-16)5-9-19(23)22-11-10-18-13-15-4-8-17(18)12-15/h2-3,5-7,9,15,17-18H,4,8,10-13H2,1H3,(H,21,24)(H,22,23)/b9-5+. The molecule has 2 amide bonds. The van der Waals surface area contributed by atoms with Crippen LogP contribution in [0.15, 0.2) is 30.3 Å². The normalized spacial score (nSPS) is 25.1. The Bertz CT molecular complexity index is 621. The van der Waals surface area contributed by atoms with Crippen molar-refractivity contribution in [2.24, 2.45) is 17.8 Å². The maximum absolute atomic E-state index is 11.9. The van der Waals surface area contributed by atoms with E-state index < -0.39 is 0 Å². The van der Waals surface area contributed by atoms with Gasteiger partial charge in [0.25, 0.3) is 5.91 Å². The average molecular weight is 326 g/mol. The zero-order chi connectivity index (χ0) is 16.9. The number of rotatable bonds is 6. The third kappa shape index (κ3) is 4.05. The minimum absolute atomic E-state index is 0.0477. The second-order valence-corrected chi connectivity index (χ2v) is 7.05. The molecule has 4 nitrogen and oxygen atoms in total. The molecule has 3 unspecified atom stereocenters. The Hall–Kier alpha value is -2.10. The first-order valence-electron chi connectivity index (χ1n) is 8.93. The van der Waals surface area contributed by atoms with Crippen molar-refractivity contribution < 1.29 is 9.59 Å². The van der Waals surface area contributed by atoms with Gasteiger partial charge in [0.15, 0.2) is 0 Å². The zero-order valence-corrected chi connectivity index (χ0v) is 14.3. The molecule has 0 saturated heterocycles. The van der Waals surface area contributed by atoms with Gasteiger partial charge in [-0.05, 0) is 67.2 Å². The number of benzene rings is 1. The predicted octanol–water partition coefficient (Wildman–Crippen LogP) is 3.00. The second kappa shape index (κ2) is 7.65. The molecular weight excluding hydrogens is 300 g/mol. The molecule has 2 fully saturated rings. The molecule has 0 aromatic heterocycles. The van der Waals surface area contributed by atoms with Crippen LogP contribution in [0.1, 0.15) is 48.0 Å². The Morgan fingerprint density at radius 3 is 2.58 bits per heavy atom. The number of amides is 2. The number of hydrogen-bond donors (Lipinski definition) is 2. The van der Waals surface area contributed by atoms with Gasteiger partial charge >= 0.3 is 0 Å². The molecule has 2 aliphatic carbocycles. The quantitative estimate of drug-likeness (QED) is 0.790. The molecular formula is C20H26N2O2. The van der Waals surface area contributed by atoms with E-state index in [-0.39, 0.29) is 11.8 Å². The molecule has 1 aromatic rings. The third-order valence-electron chi connectivity index (χ3n) is 5.53. The van der Waals surface area contributed by atoms with Gasteiger partial charge in [-0.1, -0.05) is 18.6 Å². The summed E-state index contributed by atoms with van der Waals surface area (Å²) in [7, 11) is 1.61. The van der Waals surface area contributed by atoms with Gasteiger partial charge in [0.05, 0.1) is 0 Å². The van der Waals surface area contributed by atoms with E-state index in [0.29, 0.717) is 5.56 Å². The van der Waals surface area contributed by atoms with Crippen LogP contribution in [0.4, 0.5) is 0 Å². The highest BCUT2D eigenvalue weighted by molar-refractivity contribution is 5.94. The van der Waals surface area contributed by atoms with Crippen LogP contribution >= 0.6 is 0 Å². The molecule has 0 heterocycles. The lowest BCUT2D eigenvalue weighted by atomic mass is 9.86.